The highest BCUT2D eigenvalue weighted by molar-refractivity contribution is 7.94. The molecule has 0 radical (unpaired) electrons. The maximum atomic E-state index is 14.4. The average molecular weight is 919 g/mol. The number of hydrogen-bond donors (Lipinski definition) is 5. The minimum atomic E-state index is -5.48. The zero-order chi connectivity index (χ0) is 44.5. The number of anilines is 2. The molecule has 18 nitrogen and oxygen atoms in total. The van der Waals surface area contributed by atoms with Crippen molar-refractivity contribution in [2.75, 3.05) is 11.1 Å². The van der Waals surface area contributed by atoms with Gasteiger partial charge in [0.15, 0.2) is 28.9 Å². The first kappa shape index (κ1) is 42.3. The summed E-state index contributed by atoms with van der Waals surface area (Å²) in [5.74, 6) is -4.61. The molecule has 1 aromatic heterocycles. The number of hydrogen-bond acceptors (Lipinski definition) is 15. The van der Waals surface area contributed by atoms with Crippen molar-refractivity contribution in [2.24, 2.45) is 5.92 Å². The molecule has 0 atom stereocenters. The van der Waals surface area contributed by atoms with Crippen LogP contribution in [0.4, 0.5) is 11.4 Å². The van der Waals surface area contributed by atoms with Gasteiger partial charge in [-0.25, -0.2) is 0 Å². The van der Waals surface area contributed by atoms with Gasteiger partial charge in [-0.2, -0.15) is 25.3 Å². The van der Waals surface area contributed by atoms with Crippen LogP contribution in [0.15, 0.2) is 117 Å². The second kappa shape index (κ2) is 15.5. The van der Waals surface area contributed by atoms with Gasteiger partial charge in [-0.15, -0.1) is 4.33 Å². The van der Waals surface area contributed by atoms with E-state index in [0.717, 1.165) is 0 Å². The number of carbonyl (C=O) groups is 4. The molecule has 22 heteroatoms. The molecule has 0 amide bonds. The van der Waals surface area contributed by atoms with E-state index in [0.29, 0.717) is 24.2 Å². The number of benzene rings is 5. The molecule has 316 valence electrons. The summed E-state index contributed by atoms with van der Waals surface area (Å²) in [6.07, 6.45) is -0.0516. The Labute approximate surface area is 354 Å². The second-order valence-electron chi connectivity index (χ2n) is 13.8. The molecule has 1 heterocycles. The molecule has 62 heavy (non-hydrogen) atoms. The van der Waals surface area contributed by atoms with Gasteiger partial charge in [-0.3, -0.25) is 37.6 Å². The van der Waals surface area contributed by atoms with Gasteiger partial charge in [0.25, 0.3) is 35.9 Å². The molecule has 5 N–H and O–H groups in total. The van der Waals surface area contributed by atoms with E-state index in [4.69, 9.17) is 9.22 Å². The molecule has 0 spiro atoms. The lowest BCUT2D eigenvalue weighted by Crippen LogP contribution is -2.25. The summed E-state index contributed by atoms with van der Waals surface area (Å²) in [5.41, 5.74) is -3.94. The van der Waals surface area contributed by atoms with E-state index < -0.39 is 113 Å². The number of aromatic amines is 1. The molecule has 0 fully saturated rings. The van der Waals surface area contributed by atoms with E-state index in [1.54, 1.807) is 18.2 Å². The number of nitrogens with one attached hydrogen (secondary N) is 2. The van der Waals surface area contributed by atoms with Gasteiger partial charge in [0.1, 0.15) is 14.7 Å². The first-order valence-electron chi connectivity index (χ1n) is 17.8. The van der Waals surface area contributed by atoms with E-state index in [9.17, 15) is 62.9 Å². The third kappa shape index (κ3) is 7.41. The van der Waals surface area contributed by atoms with Crippen molar-refractivity contribution in [3.8, 4) is 16.9 Å². The van der Waals surface area contributed by atoms with E-state index in [-0.39, 0.29) is 57.0 Å². The summed E-state index contributed by atoms with van der Waals surface area (Å²) < 4.78 is 112. The van der Waals surface area contributed by atoms with Crippen molar-refractivity contribution in [1.82, 2.24) is 4.98 Å². The maximum absolute atomic E-state index is 14.4. The molecule has 0 bridgehead atoms. The van der Waals surface area contributed by atoms with Crippen LogP contribution in [-0.2, 0) is 34.7 Å². The fourth-order valence-electron chi connectivity index (χ4n) is 7.43. The topological polar surface area (TPSA) is 295 Å². The molecule has 2 aliphatic rings. The molecule has 2 aliphatic carbocycles. The van der Waals surface area contributed by atoms with Gasteiger partial charge >= 0.3 is 0 Å². The standard InChI is InChI=1S/C40H26N2O16S4/c43-36(19-8-2-1-3-9-19)34-31-20-10-4-5-11-21(20)39(46)32-26(17-30(62(54,55)56)35(33(31)32)42-40(34)47)41-25-16-27(29(61(51,52)53)18-28(25)60(48,49)50)57-58-59-15-14-24-37(44)22-12-6-7-13-23(22)38(24)45/h1-13,16-18,24,41H,14-15H2,(H,42,47)(H,48,49,50)(H,51,52,53)(H,54,55,56). The summed E-state index contributed by atoms with van der Waals surface area (Å²) in [6, 6.07) is 20.9. The Kier molecular flexibility index (Phi) is 10.6. The monoisotopic (exact) mass is 918 g/mol. The van der Waals surface area contributed by atoms with Gasteiger partial charge in [-0.05, 0) is 24.1 Å². The lowest BCUT2D eigenvalue weighted by molar-refractivity contribution is -0.0807. The highest BCUT2D eigenvalue weighted by Gasteiger charge is 2.39. The number of aromatic nitrogens is 1. The summed E-state index contributed by atoms with van der Waals surface area (Å²) in [6.45, 7) is 0. The van der Waals surface area contributed by atoms with Crippen molar-refractivity contribution in [3.05, 3.63) is 141 Å². The highest BCUT2D eigenvalue weighted by Crippen LogP contribution is 2.46. The second-order valence-corrected chi connectivity index (χ2v) is 18.7. The molecule has 0 unspecified atom stereocenters. The average Bonchev–Trinajstić information content (AvgIpc) is 3.46. The number of Topliss-reactive ketones (excluding diaryl/α,β-unsaturated/α-hetero) is 2. The first-order chi connectivity index (χ1) is 29.3. The van der Waals surface area contributed by atoms with Gasteiger partial charge < -0.3 is 15.2 Å². The molecule has 0 saturated heterocycles. The summed E-state index contributed by atoms with van der Waals surface area (Å²) in [5, 5.41) is 2.11. The number of ketones is 4. The smallest absolute Gasteiger partial charge is 0.298 e. The minimum absolute atomic E-state index is 0.0199. The van der Waals surface area contributed by atoms with Gasteiger partial charge in [0, 0.05) is 57.1 Å². The highest BCUT2D eigenvalue weighted by atomic mass is 32.2. The summed E-state index contributed by atoms with van der Waals surface area (Å²) in [4.78, 5) is 71.8. The molecular weight excluding hydrogens is 893 g/mol. The Morgan fingerprint density at radius 3 is 1.82 bits per heavy atom. The van der Waals surface area contributed by atoms with Crippen LogP contribution in [0.1, 0.15) is 59.0 Å². The van der Waals surface area contributed by atoms with Crippen molar-refractivity contribution in [2.45, 2.75) is 21.1 Å². The van der Waals surface area contributed by atoms with Crippen LogP contribution in [0.5, 0.6) is 5.75 Å². The molecule has 0 aliphatic heterocycles. The number of fused-ring (bicyclic) bond motifs is 3. The van der Waals surface area contributed by atoms with Crippen molar-refractivity contribution in [1.29, 1.82) is 0 Å². The Morgan fingerprint density at radius 1 is 0.661 bits per heavy atom. The van der Waals surface area contributed by atoms with Crippen LogP contribution in [0.25, 0.3) is 22.0 Å². The lowest BCUT2D eigenvalue weighted by Gasteiger charge is -2.25. The third-order valence-corrected chi connectivity index (χ3v) is 13.3. The summed E-state index contributed by atoms with van der Waals surface area (Å²) >= 11 is 0.488. The fourth-order valence-corrected chi connectivity index (χ4v) is 9.98. The predicted molar refractivity (Wildman–Crippen MR) is 220 cm³/mol. The molecule has 0 saturated carbocycles. The maximum Gasteiger partial charge on any atom is 0.298 e. The van der Waals surface area contributed by atoms with Crippen molar-refractivity contribution in [3.63, 3.8) is 0 Å². The zero-order valence-electron chi connectivity index (χ0n) is 31.0. The fraction of sp³-hybridized carbons (Fsp3) is 0.0750. The van der Waals surface area contributed by atoms with Crippen molar-refractivity contribution >= 4 is 87.8 Å². The van der Waals surface area contributed by atoms with Gasteiger partial charge in [0.05, 0.1) is 33.9 Å². The minimum Gasteiger partial charge on any atom is -0.354 e. The zero-order valence-corrected chi connectivity index (χ0v) is 34.3. The Morgan fingerprint density at radius 2 is 1.23 bits per heavy atom. The number of H-pyrrole nitrogens is 1. The first-order valence-corrected chi connectivity index (χ1v) is 23.0. The largest absolute Gasteiger partial charge is 0.354 e. The molecule has 5 aromatic carbocycles. The summed E-state index contributed by atoms with van der Waals surface area (Å²) in [7, 11) is -16.2. The SMILES string of the molecule is O=C(c1ccccc1)c1c2c3c(c(Nc4cc(OOSCCC5C(=O)c6ccccc6C5=O)c(S(=O)(=O)O)cc4S(=O)(=O)O)cc(S(=O)(=O)O)c3[nH]c1=O)C(=O)c1ccccc1-2. The van der Waals surface area contributed by atoms with E-state index in [1.807, 2.05) is 0 Å². The molecule has 6 aromatic rings. The Balaban J connectivity index is 1.26. The van der Waals surface area contributed by atoms with Crippen molar-refractivity contribution < 1.29 is 67.3 Å². The molecule has 8 rings (SSSR count). The molecular formula is C40H26N2O16S4. The van der Waals surface area contributed by atoms with Crippen LogP contribution in [0, 0.1) is 5.92 Å². The number of carbonyl (C=O) groups excluding carboxylic acids is 4. The van der Waals surface area contributed by atoms with Crippen LogP contribution >= 0.6 is 12.0 Å². The van der Waals surface area contributed by atoms with Crippen LogP contribution < -0.4 is 15.8 Å². The van der Waals surface area contributed by atoms with E-state index >= 15 is 0 Å². The van der Waals surface area contributed by atoms with Crippen LogP contribution in [0.3, 0.4) is 0 Å². The number of pyridine rings is 1. The van der Waals surface area contributed by atoms with E-state index in [2.05, 4.69) is 10.3 Å². The van der Waals surface area contributed by atoms with Gasteiger partial charge in [0.2, 0.25) is 0 Å². The van der Waals surface area contributed by atoms with Crippen LogP contribution in [-0.4, -0.2) is 72.8 Å². The quantitative estimate of drug-likeness (QED) is 0.0181. The van der Waals surface area contributed by atoms with Gasteiger partial charge in [-0.1, -0.05) is 78.9 Å². The number of rotatable bonds is 13. The lowest BCUT2D eigenvalue weighted by atomic mass is 9.80. The Hall–Kier alpha value is -6.37. The predicted octanol–water partition coefficient (Wildman–Crippen LogP) is 5.50. The Bertz CT molecular complexity index is 3350. The third-order valence-electron chi connectivity index (χ3n) is 10.1. The van der Waals surface area contributed by atoms with E-state index in [1.165, 1.54) is 60.7 Å². The normalized spacial score (nSPS) is 13.9. The van der Waals surface area contributed by atoms with Crippen LogP contribution in [0.2, 0.25) is 0 Å².